The number of hydrogen-bond donors (Lipinski definition) is 0. The van der Waals surface area contributed by atoms with E-state index in [1.807, 2.05) is 6.11 Å². The second kappa shape index (κ2) is 1.98. The minimum absolute atomic E-state index is 1.01. The number of benzene rings is 1. The van der Waals surface area contributed by atoms with Crippen molar-refractivity contribution in [2.24, 2.45) is 4.99 Å². The van der Waals surface area contributed by atoms with Gasteiger partial charge in [0.15, 0.2) is 0 Å². The molecular formula is C8H8BN. The van der Waals surface area contributed by atoms with Crippen LogP contribution in [0.25, 0.3) is 0 Å². The molecule has 0 saturated carbocycles. The number of aryl methyl sites for hydroxylation is 1. The van der Waals surface area contributed by atoms with Gasteiger partial charge >= 0.3 is 0 Å². The average Bonchev–Trinajstić information content (AvgIpc) is 2.33. The molecule has 0 fully saturated rings. The minimum atomic E-state index is 1.01. The first-order valence-electron chi connectivity index (χ1n) is 3.48. The molecule has 1 aliphatic rings. The lowest BCUT2D eigenvalue weighted by atomic mass is 9.73. The van der Waals surface area contributed by atoms with Gasteiger partial charge in [0.2, 0.25) is 7.28 Å². The summed E-state index contributed by atoms with van der Waals surface area (Å²) in [6.45, 7) is 2.11. The fourth-order valence-electron chi connectivity index (χ4n) is 1.25. The Morgan fingerprint density at radius 3 is 3.20 bits per heavy atom. The maximum absolute atomic E-state index is 4.22. The highest BCUT2D eigenvalue weighted by molar-refractivity contribution is 6.82. The lowest BCUT2D eigenvalue weighted by Gasteiger charge is -1.96. The molecule has 48 valence electrons. The second-order valence-electron chi connectivity index (χ2n) is 2.65. The SMILES string of the molecule is Cc1ccc2c(c1)BC=N2. The first-order valence-corrected chi connectivity index (χ1v) is 3.48. The summed E-state index contributed by atoms with van der Waals surface area (Å²) in [4.78, 5) is 4.22. The van der Waals surface area contributed by atoms with Crippen LogP contribution in [0.1, 0.15) is 5.56 Å². The summed E-state index contributed by atoms with van der Waals surface area (Å²) in [6, 6.07) is 6.37. The van der Waals surface area contributed by atoms with Crippen molar-refractivity contribution in [3.8, 4) is 0 Å². The topological polar surface area (TPSA) is 12.4 Å². The molecule has 2 heteroatoms. The molecule has 1 aromatic rings. The van der Waals surface area contributed by atoms with E-state index >= 15 is 0 Å². The van der Waals surface area contributed by atoms with E-state index in [1.165, 1.54) is 11.0 Å². The van der Waals surface area contributed by atoms with Crippen molar-refractivity contribution < 1.29 is 0 Å². The molecule has 0 unspecified atom stereocenters. The van der Waals surface area contributed by atoms with Crippen molar-refractivity contribution >= 4 is 24.5 Å². The zero-order valence-corrected chi connectivity index (χ0v) is 5.96. The standard InChI is InChI=1S/C8H8BN/c1-6-2-3-8-7(4-6)9-5-10-8/h2-5,9H,1H3. The highest BCUT2D eigenvalue weighted by Gasteiger charge is 2.05. The molecule has 1 nitrogen and oxygen atoms in total. The average molecular weight is 129 g/mol. The van der Waals surface area contributed by atoms with E-state index in [1.54, 1.807) is 0 Å². The monoisotopic (exact) mass is 129 g/mol. The molecule has 0 atom stereocenters. The molecule has 0 aliphatic carbocycles. The van der Waals surface area contributed by atoms with Crippen LogP contribution in [0.2, 0.25) is 0 Å². The Bertz CT molecular complexity index is 291. The van der Waals surface area contributed by atoms with E-state index in [2.05, 4.69) is 30.1 Å². The van der Waals surface area contributed by atoms with E-state index in [0.29, 0.717) is 0 Å². The van der Waals surface area contributed by atoms with Gasteiger partial charge in [-0.05, 0) is 19.1 Å². The highest BCUT2D eigenvalue weighted by atomic mass is 14.7. The number of aliphatic imine (C=N–C) groups is 1. The number of fused-ring (bicyclic) bond motifs is 1. The van der Waals surface area contributed by atoms with Gasteiger partial charge in [0, 0.05) is 0 Å². The largest absolute Gasteiger partial charge is 0.271 e. The molecule has 1 aromatic carbocycles. The van der Waals surface area contributed by atoms with Crippen LogP contribution >= 0.6 is 0 Å². The predicted molar refractivity (Wildman–Crippen MR) is 46.1 cm³/mol. The molecule has 2 rings (SSSR count). The first-order chi connectivity index (χ1) is 4.86. The van der Waals surface area contributed by atoms with Crippen LogP contribution in [0.15, 0.2) is 23.2 Å². The minimum Gasteiger partial charge on any atom is -0.271 e. The molecule has 1 heterocycles. The van der Waals surface area contributed by atoms with Crippen LogP contribution in [-0.4, -0.2) is 13.4 Å². The number of hydrogen-bond acceptors (Lipinski definition) is 1. The molecule has 10 heavy (non-hydrogen) atoms. The molecule has 0 radical (unpaired) electrons. The van der Waals surface area contributed by atoms with Crippen molar-refractivity contribution in [2.75, 3.05) is 0 Å². The normalized spacial score (nSPS) is 12.9. The lowest BCUT2D eigenvalue weighted by Crippen LogP contribution is -2.10. The Morgan fingerprint density at radius 1 is 1.40 bits per heavy atom. The van der Waals surface area contributed by atoms with Crippen LogP contribution in [0, 0.1) is 6.92 Å². The molecule has 1 aliphatic heterocycles. The van der Waals surface area contributed by atoms with Gasteiger partial charge in [-0.3, -0.25) is 4.99 Å². The fraction of sp³-hybridized carbons (Fsp3) is 0.125. The summed E-state index contributed by atoms with van der Waals surface area (Å²) in [6.07, 6.45) is 1.96. The Hall–Kier alpha value is -1.05. The lowest BCUT2D eigenvalue weighted by molar-refractivity contribution is 1.47. The van der Waals surface area contributed by atoms with Gasteiger partial charge in [0.05, 0.1) is 5.69 Å². The van der Waals surface area contributed by atoms with Gasteiger partial charge in [0.25, 0.3) is 0 Å². The summed E-state index contributed by atoms with van der Waals surface area (Å²) in [5.41, 5.74) is 3.83. The third-order valence-corrected chi connectivity index (χ3v) is 1.78. The maximum atomic E-state index is 4.22. The third kappa shape index (κ3) is 0.765. The van der Waals surface area contributed by atoms with Gasteiger partial charge < -0.3 is 0 Å². The summed E-state index contributed by atoms with van der Waals surface area (Å²) < 4.78 is 0. The van der Waals surface area contributed by atoms with E-state index < -0.39 is 0 Å². The molecule has 0 amide bonds. The zero-order chi connectivity index (χ0) is 6.97. The Labute approximate surface area is 61.0 Å². The zero-order valence-electron chi connectivity index (χ0n) is 5.96. The molecule has 0 aromatic heterocycles. The Kier molecular flexibility index (Phi) is 1.13. The van der Waals surface area contributed by atoms with E-state index in [9.17, 15) is 0 Å². The van der Waals surface area contributed by atoms with Gasteiger partial charge in [-0.1, -0.05) is 23.2 Å². The quantitative estimate of drug-likeness (QED) is 0.458. The third-order valence-electron chi connectivity index (χ3n) is 1.78. The number of nitrogens with zero attached hydrogens (tertiary/aromatic N) is 1. The predicted octanol–water partition coefficient (Wildman–Crippen LogP) is 0.730. The van der Waals surface area contributed by atoms with Gasteiger partial charge in [-0.2, -0.15) is 0 Å². The van der Waals surface area contributed by atoms with E-state index in [4.69, 9.17) is 0 Å². The van der Waals surface area contributed by atoms with Crippen LogP contribution in [-0.2, 0) is 0 Å². The fourth-order valence-corrected chi connectivity index (χ4v) is 1.25. The molecule has 0 N–H and O–H groups in total. The van der Waals surface area contributed by atoms with Gasteiger partial charge in [-0.25, -0.2) is 0 Å². The Morgan fingerprint density at radius 2 is 2.30 bits per heavy atom. The first kappa shape index (κ1) is 5.72. The second-order valence-corrected chi connectivity index (χ2v) is 2.65. The summed E-state index contributed by atoms with van der Waals surface area (Å²) in [5, 5.41) is 0. The maximum Gasteiger partial charge on any atom is 0.209 e. The van der Waals surface area contributed by atoms with Crippen LogP contribution in [0.4, 0.5) is 5.69 Å². The molecule has 0 spiro atoms. The van der Waals surface area contributed by atoms with Gasteiger partial charge in [-0.15, -0.1) is 0 Å². The molecule has 0 saturated heterocycles. The van der Waals surface area contributed by atoms with Crippen LogP contribution in [0.5, 0.6) is 0 Å². The van der Waals surface area contributed by atoms with Crippen molar-refractivity contribution in [3.05, 3.63) is 23.8 Å². The van der Waals surface area contributed by atoms with Crippen molar-refractivity contribution in [3.63, 3.8) is 0 Å². The van der Waals surface area contributed by atoms with Crippen molar-refractivity contribution in [1.29, 1.82) is 0 Å². The summed E-state index contributed by atoms with van der Waals surface area (Å²) >= 11 is 0. The molecular weight excluding hydrogens is 121 g/mol. The van der Waals surface area contributed by atoms with Crippen LogP contribution in [0.3, 0.4) is 0 Å². The van der Waals surface area contributed by atoms with E-state index in [-0.39, 0.29) is 0 Å². The molecule has 0 bridgehead atoms. The van der Waals surface area contributed by atoms with E-state index in [0.717, 1.165) is 13.0 Å². The summed E-state index contributed by atoms with van der Waals surface area (Å²) in [5.74, 6) is 0. The Balaban J connectivity index is 2.59. The van der Waals surface area contributed by atoms with Crippen molar-refractivity contribution in [2.45, 2.75) is 6.92 Å². The number of rotatable bonds is 0. The highest BCUT2D eigenvalue weighted by Crippen LogP contribution is 2.11. The van der Waals surface area contributed by atoms with Gasteiger partial charge in [0.1, 0.15) is 0 Å². The van der Waals surface area contributed by atoms with Crippen LogP contribution < -0.4 is 5.46 Å². The summed E-state index contributed by atoms with van der Waals surface area (Å²) in [7, 11) is 1.01. The smallest absolute Gasteiger partial charge is 0.209 e. The van der Waals surface area contributed by atoms with Crippen molar-refractivity contribution in [1.82, 2.24) is 0 Å².